The van der Waals surface area contributed by atoms with Crippen LogP contribution in [0.15, 0.2) is 30.3 Å². The van der Waals surface area contributed by atoms with Crippen LogP contribution in [0.3, 0.4) is 0 Å². The van der Waals surface area contributed by atoms with Gasteiger partial charge in [0.15, 0.2) is 0 Å². The van der Waals surface area contributed by atoms with Crippen molar-refractivity contribution in [2.75, 3.05) is 13.7 Å². The molecule has 0 saturated heterocycles. The van der Waals surface area contributed by atoms with Gasteiger partial charge in [0, 0.05) is 19.4 Å². The lowest BCUT2D eigenvalue weighted by Gasteiger charge is -2.15. The zero-order valence-corrected chi connectivity index (χ0v) is 10.8. The predicted octanol–water partition coefficient (Wildman–Crippen LogP) is 0.126. The lowest BCUT2D eigenvalue weighted by atomic mass is 9.96. The summed E-state index contributed by atoms with van der Waals surface area (Å²) < 4.78 is 26.1. The fourth-order valence-corrected chi connectivity index (χ4v) is 1.85. The summed E-state index contributed by atoms with van der Waals surface area (Å²) in [5.41, 5.74) is 0.824. The molecule has 0 aliphatic heterocycles. The Bertz CT molecular complexity index is 487. The van der Waals surface area contributed by atoms with Gasteiger partial charge in [-0.1, -0.05) is 30.3 Å². The molecule has 0 bridgehead atoms. The third kappa shape index (κ3) is 5.26. The van der Waals surface area contributed by atoms with E-state index in [1.54, 1.807) is 12.1 Å². The Labute approximate surface area is 106 Å². The molecular formula is C11H16N2O4S. The molecule has 0 aliphatic carbocycles. The molecule has 0 spiro atoms. The standard InChI is InChI=1S/C11H16N2O4S/c1-13-11(14)7-10(8-17-18(12,15)16)9-5-3-2-4-6-9/h2-6,10H,7-8H2,1H3,(H,13,14)(H2,12,15,16)/t10-/m1/s1. The number of rotatable bonds is 6. The van der Waals surface area contributed by atoms with Gasteiger partial charge in [0.1, 0.15) is 0 Å². The number of amides is 1. The Balaban J connectivity index is 2.79. The van der Waals surface area contributed by atoms with E-state index in [1.165, 1.54) is 7.05 Å². The zero-order valence-electron chi connectivity index (χ0n) is 10.00. The third-order valence-corrected chi connectivity index (χ3v) is 2.88. The van der Waals surface area contributed by atoms with Crippen LogP contribution in [-0.2, 0) is 19.3 Å². The predicted molar refractivity (Wildman–Crippen MR) is 66.9 cm³/mol. The summed E-state index contributed by atoms with van der Waals surface area (Å²) in [4.78, 5) is 11.4. The number of nitrogens with one attached hydrogen (secondary N) is 1. The van der Waals surface area contributed by atoms with Gasteiger partial charge in [-0.25, -0.2) is 5.14 Å². The molecule has 100 valence electrons. The van der Waals surface area contributed by atoms with Crippen LogP contribution in [0.1, 0.15) is 17.9 Å². The van der Waals surface area contributed by atoms with E-state index in [4.69, 9.17) is 5.14 Å². The molecule has 1 atom stereocenters. The Morgan fingerprint density at radius 2 is 2.00 bits per heavy atom. The Morgan fingerprint density at radius 1 is 1.39 bits per heavy atom. The molecule has 0 saturated carbocycles. The molecule has 3 N–H and O–H groups in total. The lowest BCUT2D eigenvalue weighted by Crippen LogP contribution is -2.25. The van der Waals surface area contributed by atoms with Gasteiger partial charge >= 0.3 is 10.3 Å². The molecule has 0 radical (unpaired) electrons. The van der Waals surface area contributed by atoms with Crippen molar-refractivity contribution in [1.29, 1.82) is 0 Å². The molecule has 1 aromatic rings. The van der Waals surface area contributed by atoms with Crippen molar-refractivity contribution in [2.45, 2.75) is 12.3 Å². The SMILES string of the molecule is CNC(=O)C[C@H](COS(N)(=O)=O)c1ccccc1. The number of benzene rings is 1. The Hall–Kier alpha value is -1.44. The van der Waals surface area contributed by atoms with Crippen LogP contribution in [0.5, 0.6) is 0 Å². The second-order valence-corrected chi connectivity index (χ2v) is 4.98. The molecule has 0 fully saturated rings. The van der Waals surface area contributed by atoms with Crippen LogP contribution in [0.2, 0.25) is 0 Å². The summed E-state index contributed by atoms with van der Waals surface area (Å²) in [5.74, 6) is -0.550. The van der Waals surface area contributed by atoms with Crippen LogP contribution in [0, 0.1) is 0 Å². The van der Waals surface area contributed by atoms with Gasteiger partial charge in [-0.3, -0.25) is 8.98 Å². The van der Waals surface area contributed by atoms with Crippen molar-refractivity contribution in [1.82, 2.24) is 5.32 Å². The molecule has 1 aromatic carbocycles. The van der Waals surface area contributed by atoms with E-state index >= 15 is 0 Å². The summed E-state index contributed by atoms with van der Waals surface area (Å²) in [7, 11) is -2.48. The summed E-state index contributed by atoms with van der Waals surface area (Å²) in [6, 6.07) is 9.06. The van der Waals surface area contributed by atoms with Crippen molar-refractivity contribution in [2.24, 2.45) is 5.14 Å². The topological polar surface area (TPSA) is 98.5 Å². The number of carbonyl (C=O) groups is 1. The summed E-state index contributed by atoms with van der Waals surface area (Å²) in [6.07, 6.45) is 0.135. The van der Waals surface area contributed by atoms with Crippen molar-refractivity contribution in [3.8, 4) is 0 Å². The summed E-state index contributed by atoms with van der Waals surface area (Å²) in [5, 5.41) is 7.26. The number of hydrogen-bond donors (Lipinski definition) is 2. The lowest BCUT2D eigenvalue weighted by molar-refractivity contribution is -0.121. The zero-order chi connectivity index (χ0) is 13.6. The highest BCUT2D eigenvalue weighted by molar-refractivity contribution is 7.84. The van der Waals surface area contributed by atoms with E-state index in [0.717, 1.165) is 5.56 Å². The maximum atomic E-state index is 11.4. The minimum atomic E-state index is -4.00. The smallest absolute Gasteiger partial charge is 0.333 e. The first kappa shape index (κ1) is 14.6. The molecule has 0 heterocycles. The van der Waals surface area contributed by atoms with Gasteiger partial charge in [0.05, 0.1) is 6.61 Å². The van der Waals surface area contributed by atoms with Gasteiger partial charge in [-0.05, 0) is 5.56 Å². The fourth-order valence-electron chi connectivity index (χ4n) is 1.50. The second kappa shape index (κ2) is 6.48. The molecule has 0 unspecified atom stereocenters. The summed E-state index contributed by atoms with van der Waals surface area (Å²) >= 11 is 0. The van der Waals surface area contributed by atoms with Crippen LogP contribution >= 0.6 is 0 Å². The van der Waals surface area contributed by atoms with Crippen molar-refractivity contribution < 1.29 is 17.4 Å². The van der Waals surface area contributed by atoms with Crippen LogP contribution in [-0.4, -0.2) is 28.0 Å². The molecule has 1 rings (SSSR count). The molecule has 0 aliphatic rings. The van der Waals surface area contributed by atoms with E-state index in [9.17, 15) is 13.2 Å². The molecule has 18 heavy (non-hydrogen) atoms. The maximum absolute atomic E-state index is 11.4. The maximum Gasteiger partial charge on any atom is 0.333 e. The van der Waals surface area contributed by atoms with Crippen LogP contribution in [0.25, 0.3) is 0 Å². The molecule has 0 aromatic heterocycles. The minimum Gasteiger partial charge on any atom is -0.359 e. The third-order valence-electron chi connectivity index (χ3n) is 2.42. The van der Waals surface area contributed by atoms with Gasteiger partial charge in [-0.2, -0.15) is 8.42 Å². The molecular weight excluding hydrogens is 256 g/mol. The van der Waals surface area contributed by atoms with E-state index in [2.05, 4.69) is 9.50 Å². The van der Waals surface area contributed by atoms with Crippen molar-refractivity contribution in [3.05, 3.63) is 35.9 Å². The van der Waals surface area contributed by atoms with E-state index in [0.29, 0.717) is 0 Å². The van der Waals surface area contributed by atoms with E-state index in [-0.39, 0.29) is 24.9 Å². The van der Waals surface area contributed by atoms with Gasteiger partial charge in [0.2, 0.25) is 5.91 Å². The van der Waals surface area contributed by atoms with E-state index < -0.39 is 10.3 Å². The van der Waals surface area contributed by atoms with Crippen molar-refractivity contribution >= 4 is 16.2 Å². The van der Waals surface area contributed by atoms with Crippen molar-refractivity contribution in [3.63, 3.8) is 0 Å². The minimum absolute atomic E-state index is 0.135. The average Bonchev–Trinajstić information content (AvgIpc) is 2.34. The molecule has 1 amide bonds. The molecule has 6 nitrogen and oxygen atoms in total. The quantitative estimate of drug-likeness (QED) is 0.768. The van der Waals surface area contributed by atoms with E-state index in [1.807, 2.05) is 18.2 Å². The number of carbonyl (C=O) groups excluding carboxylic acids is 1. The van der Waals surface area contributed by atoms with Crippen LogP contribution in [0.4, 0.5) is 0 Å². The van der Waals surface area contributed by atoms with Gasteiger partial charge < -0.3 is 5.32 Å². The number of nitrogens with two attached hydrogens (primary N) is 1. The van der Waals surface area contributed by atoms with Crippen LogP contribution < -0.4 is 10.5 Å². The Kier molecular flexibility index (Phi) is 5.26. The highest BCUT2D eigenvalue weighted by Crippen LogP contribution is 2.20. The second-order valence-electron chi connectivity index (χ2n) is 3.76. The highest BCUT2D eigenvalue weighted by atomic mass is 32.2. The average molecular weight is 272 g/mol. The first-order valence-corrected chi connectivity index (χ1v) is 6.82. The first-order valence-electron chi connectivity index (χ1n) is 5.35. The van der Waals surface area contributed by atoms with Gasteiger partial charge in [-0.15, -0.1) is 0 Å². The van der Waals surface area contributed by atoms with Gasteiger partial charge in [0.25, 0.3) is 0 Å². The normalized spacial score (nSPS) is 13.0. The first-order chi connectivity index (χ1) is 8.42. The highest BCUT2D eigenvalue weighted by Gasteiger charge is 2.18. The Morgan fingerprint density at radius 3 is 2.50 bits per heavy atom. The summed E-state index contributed by atoms with van der Waals surface area (Å²) in [6.45, 7) is -0.156. The largest absolute Gasteiger partial charge is 0.359 e. The monoisotopic (exact) mass is 272 g/mol. The molecule has 7 heteroatoms. The fraction of sp³-hybridized carbons (Fsp3) is 0.364. The number of hydrogen-bond acceptors (Lipinski definition) is 4.